The van der Waals surface area contributed by atoms with Gasteiger partial charge in [0.25, 0.3) is 0 Å². The lowest BCUT2D eigenvalue weighted by molar-refractivity contribution is -0.0481. The van der Waals surface area contributed by atoms with Crippen LogP contribution >= 0.6 is 0 Å². The Labute approximate surface area is 107 Å². The summed E-state index contributed by atoms with van der Waals surface area (Å²) in [4.78, 5) is 0. The number of nitrogens with two attached hydrogens (primary N) is 1. The fraction of sp³-hybridized carbons (Fsp3) is 0.600. The second kappa shape index (κ2) is 5.35. The minimum absolute atomic E-state index is 0.000809. The largest absolute Gasteiger partial charge is 0.327 e. The van der Waals surface area contributed by atoms with E-state index in [1.54, 1.807) is 0 Å². The third-order valence-corrected chi connectivity index (χ3v) is 3.92. The molecule has 0 amide bonds. The van der Waals surface area contributed by atoms with Gasteiger partial charge in [0.2, 0.25) is 5.92 Å². The molecular formula is C15H21F2N. The van der Waals surface area contributed by atoms with Crippen molar-refractivity contribution in [2.45, 2.75) is 51.0 Å². The van der Waals surface area contributed by atoms with Crippen LogP contribution in [0.2, 0.25) is 0 Å². The molecule has 0 bridgehead atoms. The first kappa shape index (κ1) is 13.5. The Morgan fingerprint density at radius 2 is 2.00 bits per heavy atom. The van der Waals surface area contributed by atoms with Crippen molar-refractivity contribution >= 4 is 0 Å². The topological polar surface area (TPSA) is 26.0 Å². The third-order valence-electron chi connectivity index (χ3n) is 3.92. The molecule has 1 atom stereocenters. The fourth-order valence-electron chi connectivity index (χ4n) is 2.77. The van der Waals surface area contributed by atoms with Gasteiger partial charge in [0, 0.05) is 18.9 Å². The lowest BCUT2D eigenvalue weighted by Gasteiger charge is -2.32. The van der Waals surface area contributed by atoms with Crippen LogP contribution in [0.25, 0.3) is 0 Å². The number of benzene rings is 1. The zero-order chi connectivity index (χ0) is 13.2. The van der Waals surface area contributed by atoms with Crippen molar-refractivity contribution in [2.75, 3.05) is 0 Å². The summed E-state index contributed by atoms with van der Waals surface area (Å²) in [5.41, 5.74) is 8.60. The summed E-state index contributed by atoms with van der Waals surface area (Å²) in [6.45, 7) is 2.05. The first-order chi connectivity index (χ1) is 8.46. The maximum atomic E-state index is 13.1. The van der Waals surface area contributed by atoms with Gasteiger partial charge in [0.1, 0.15) is 0 Å². The van der Waals surface area contributed by atoms with Crippen LogP contribution in [0.1, 0.15) is 36.8 Å². The average Bonchev–Trinajstić information content (AvgIpc) is 2.28. The predicted octanol–water partition coefficient (Wildman–Crippen LogP) is 3.69. The van der Waals surface area contributed by atoms with Gasteiger partial charge in [-0.25, -0.2) is 8.78 Å². The van der Waals surface area contributed by atoms with Gasteiger partial charge in [-0.05, 0) is 37.7 Å². The van der Waals surface area contributed by atoms with E-state index in [0.717, 1.165) is 6.42 Å². The van der Waals surface area contributed by atoms with Crippen molar-refractivity contribution in [3.05, 3.63) is 35.4 Å². The van der Waals surface area contributed by atoms with E-state index in [9.17, 15) is 8.78 Å². The van der Waals surface area contributed by atoms with Crippen LogP contribution in [0, 0.1) is 12.8 Å². The molecule has 3 heteroatoms. The molecule has 1 fully saturated rings. The Bertz CT molecular complexity index is 393. The Hall–Kier alpha value is -0.960. The van der Waals surface area contributed by atoms with E-state index < -0.39 is 5.92 Å². The molecule has 0 heterocycles. The lowest BCUT2D eigenvalue weighted by atomic mass is 9.80. The highest BCUT2D eigenvalue weighted by molar-refractivity contribution is 5.23. The van der Waals surface area contributed by atoms with Crippen LogP contribution in [0.5, 0.6) is 0 Å². The summed E-state index contributed by atoms with van der Waals surface area (Å²) in [7, 11) is 0. The lowest BCUT2D eigenvalue weighted by Crippen LogP contribution is -2.37. The molecule has 1 nitrogen and oxygen atoms in total. The number of halogens is 2. The number of alkyl halides is 2. The maximum Gasteiger partial charge on any atom is 0.248 e. The molecule has 0 aliphatic heterocycles. The minimum Gasteiger partial charge on any atom is -0.327 e. The summed E-state index contributed by atoms with van der Waals surface area (Å²) in [5.74, 6) is -2.22. The van der Waals surface area contributed by atoms with Crippen molar-refractivity contribution in [3.63, 3.8) is 0 Å². The number of aryl methyl sites for hydroxylation is 1. The normalized spacial score (nSPS) is 21.8. The summed E-state index contributed by atoms with van der Waals surface area (Å²) < 4.78 is 26.2. The molecule has 1 aromatic rings. The smallest absolute Gasteiger partial charge is 0.248 e. The van der Waals surface area contributed by atoms with Gasteiger partial charge in [-0.2, -0.15) is 0 Å². The number of rotatable bonds is 3. The molecule has 0 aromatic heterocycles. The highest BCUT2D eigenvalue weighted by Crippen LogP contribution is 2.37. The number of hydrogen-bond acceptors (Lipinski definition) is 1. The molecule has 2 rings (SSSR count). The maximum absolute atomic E-state index is 13.1. The van der Waals surface area contributed by atoms with Gasteiger partial charge in [-0.1, -0.05) is 29.8 Å². The predicted molar refractivity (Wildman–Crippen MR) is 69.8 cm³/mol. The van der Waals surface area contributed by atoms with E-state index in [4.69, 9.17) is 5.73 Å². The minimum atomic E-state index is -2.46. The van der Waals surface area contributed by atoms with Crippen LogP contribution in [0.4, 0.5) is 8.78 Å². The van der Waals surface area contributed by atoms with Gasteiger partial charge < -0.3 is 5.73 Å². The molecule has 1 unspecified atom stereocenters. The Morgan fingerprint density at radius 1 is 1.33 bits per heavy atom. The highest BCUT2D eigenvalue weighted by atomic mass is 19.3. The van der Waals surface area contributed by atoms with Crippen molar-refractivity contribution in [1.29, 1.82) is 0 Å². The van der Waals surface area contributed by atoms with Crippen molar-refractivity contribution < 1.29 is 8.78 Å². The quantitative estimate of drug-likeness (QED) is 0.873. The first-order valence-corrected chi connectivity index (χ1v) is 6.65. The van der Waals surface area contributed by atoms with E-state index >= 15 is 0 Å². The zero-order valence-corrected chi connectivity index (χ0v) is 10.8. The van der Waals surface area contributed by atoms with Gasteiger partial charge in [-0.3, -0.25) is 0 Å². The molecule has 2 N–H and O–H groups in total. The summed E-state index contributed by atoms with van der Waals surface area (Å²) in [6, 6.07) is 8.26. The Balaban J connectivity index is 1.91. The molecule has 1 saturated carbocycles. The molecule has 1 aliphatic carbocycles. The van der Waals surface area contributed by atoms with Crippen LogP contribution in [-0.2, 0) is 6.42 Å². The SMILES string of the molecule is Cc1cccc(CC(N)C2CCC(F)(F)CC2)c1. The van der Waals surface area contributed by atoms with E-state index in [0.29, 0.717) is 12.8 Å². The highest BCUT2D eigenvalue weighted by Gasteiger charge is 2.36. The van der Waals surface area contributed by atoms with Crippen LogP contribution in [0.3, 0.4) is 0 Å². The summed E-state index contributed by atoms with van der Waals surface area (Å²) in [6.07, 6.45) is 1.90. The Kier molecular flexibility index (Phi) is 4.00. The van der Waals surface area contributed by atoms with Crippen molar-refractivity contribution in [1.82, 2.24) is 0 Å². The number of hydrogen-bond donors (Lipinski definition) is 1. The third kappa shape index (κ3) is 3.52. The van der Waals surface area contributed by atoms with Gasteiger partial charge in [0.05, 0.1) is 0 Å². The van der Waals surface area contributed by atoms with E-state index in [2.05, 4.69) is 25.1 Å². The molecule has 1 aliphatic rings. The standard InChI is InChI=1S/C15H21F2N/c1-11-3-2-4-12(9-11)10-14(18)13-5-7-15(16,17)8-6-13/h2-4,9,13-14H,5-8,10,18H2,1H3. The van der Waals surface area contributed by atoms with Gasteiger partial charge >= 0.3 is 0 Å². The molecule has 0 radical (unpaired) electrons. The molecule has 1 aromatic carbocycles. The molecule has 0 saturated heterocycles. The monoisotopic (exact) mass is 253 g/mol. The first-order valence-electron chi connectivity index (χ1n) is 6.65. The zero-order valence-electron chi connectivity index (χ0n) is 10.8. The van der Waals surface area contributed by atoms with Crippen molar-refractivity contribution in [2.24, 2.45) is 11.7 Å². The van der Waals surface area contributed by atoms with Crippen molar-refractivity contribution in [3.8, 4) is 0 Å². The summed E-state index contributed by atoms with van der Waals surface area (Å²) in [5, 5.41) is 0. The fourth-order valence-corrected chi connectivity index (χ4v) is 2.77. The molecular weight excluding hydrogens is 232 g/mol. The molecule has 0 spiro atoms. The van der Waals surface area contributed by atoms with Crippen LogP contribution < -0.4 is 5.73 Å². The van der Waals surface area contributed by atoms with E-state index in [-0.39, 0.29) is 24.8 Å². The second-order valence-electron chi connectivity index (χ2n) is 5.55. The average molecular weight is 253 g/mol. The van der Waals surface area contributed by atoms with Gasteiger partial charge in [0.15, 0.2) is 0 Å². The Morgan fingerprint density at radius 3 is 2.61 bits per heavy atom. The molecule has 18 heavy (non-hydrogen) atoms. The summed E-state index contributed by atoms with van der Waals surface area (Å²) >= 11 is 0. The van der Waals surface area contributed by atoms with Crippen LogP contribution in [0.15, 0.2) is 24.3 Å². The van der Waals surface area contributed by atoms with E-state index in [1.165, 1.54) is 11.1 Å². The van der Waals surface area contributed by atoms with E-state index in [1.807, 2.05) is 6.07 Å². The second-order valence-corrected chi connectivity index (χ2v) is 5.55. The van der Waals surface area contributed by atoms with Gasteiger partial charge in [-0.15, -0.1) is 0 Å². The molecule has 100 valence electrons. The van der Waals surface area contributed by atoms with Crippen LogP contribution in [-0.4, -0.2) is 12.0 Å².